The van der Waals surface area contributed by atoms with Crippen molar-refractivity contribution in [1.29, 1.82) is 0 Å². The number of rotatable bonds is 13. The molecular weight excluding hydrogens is 733 g/mol. The van der Waals surface area contributed by atoms with Crippen LogP contribution in [0.2, 0.25) is 0 Å². The highest BCUT2D eigenvalue weighted by Gasteiger charge is 2.30. The molecule has 2 heterocycles. The van der Waals surface area contributed by atoms with Crippen molar-refractivity contribution in [3.8, 4) is 0 Å². The fourth-order valence-corrected chi connectivity index (χ4v) is 8.00. The standard InChI is InChI=1S/C25H34NO6PS.C10H13BrN2O2/c1-4-31-33(28,32-5-2)22-14-15-26-21(17-22)18-25(27)24(16-19-8-6-7-9-19)20-10-12-23(13-11-20)34(3,29)30;1-10(2,3)15-9(14)13-8-6-7(11)4-5-12-8/h10-15,17,19,24H,4-9,16,18H2,1-3H3;4-6H,1-3H3,(H,12,13,14)/t24-;/m1./s1. The molecule has 1 fully saturated rings. The van der Waals surface area contributed by atoms with E-state index >= 15 is 0 Å². The monoisotopic (exact) mass is 779 g/mol. The summed E-state index contributed by atoms with van der Waals surface area (Å²) >= 11 is 3.28. The number of Topliss-reactive ketones (excluding diaryl/α,β-unsaturated/α-hetero) is 1. The van der Waals surface area contributed by atoms with Crippen molar-refractivity contribution in [1.82, 2.24) is 9.97 Å². The van der Waals surface area contributed by atoms with Gasteiger partial charge < -0.3 is 13.8 Å². The summed E-state index contributed by atoms with van der Waals surface area (Å²) in [5.41, 5.74) is 0.817. The second-order valence-electron chi connectivity index (χ2n) is 12.7. The van der Waals surface area contributed by atoms with Crippen molar-refractivity contribution in [2.75, 3.05) is 24.8 Å². The summed E-state index contributed by atoms with van der Waals surface area (Å²) in [6.07, 6.45) is 9.14. The van der Waals surface area contributed by atoms with Crippen LogP contribution in [0.3, 0.4) is 0 Å². The van der Waals surface area contributed by atoms with Gasteiger partial charge in [0, 0.05) is 41.2 Å². The minimum Gasteiger partial charge on any atom is -0.444 e. The number of carbonyl (C=O) groups excluding carboxylic acids is 2. The molecule has 2 aromatic heterocycles. The summed E-state index contributed by atoms with van der Waals surface area (Å²) in [5, 5.41) is 2.92. The molecule has 268 valence electrons. The van der Waals surface area contributed by atoms with E-state index in [-0.39, 0.29) is 36.2 Å². The Morgan fingerprint density at radius 2 is 1.59 bits per heavy atom. The largest absolute Gasteiger partial charge is 0.444 e. The number of hydrogen-bond acceptors (Lipinski definition) is 10. The predicted molar refractivity (Wildman–Crippen MR) is 194 cm³/mol. The molecule has 1 aliphatic rings. The third-order valence-electron chi connectivity index (χ3n) is 7.56. The maximum absolute atomic E-state index is 13.5. The zero-order chi connectivity index (χ0) is 36.2. The van der Waals surface area contributed by atoms with Crippen LogP contribution in [0.1, 0.15) is 83.9 Å². The van der Waals surface area contributed by atoms with Crippen LogP contribution in [-0.4, -0.2) is 55.3 Å². The highest BCUT2D eigenvalue weighted by Crippen LogP contribution is 2.46. The number of halogens is 1. The molecule has 1 aromatic carbocycles. The van der Waals surface area contributed by atoms with Gasteiger partial charge in [0.2, 0.25) is 0 Å². The van der Waals surface area contributed by atoms with Gasteiger partial charge in [-0.3, -0.25) is 19.7 Å². The molecule has 1 atom stereocenters. The summed E-state index contributed by atoms with van der Waals surface area (Å²) in [7, 11) is -6.79. The van der Waals surface area contributed by atoms with Crippen LogP contribution in [0.15, 0.2) is 70.3 Å². The lowest BCUT2D eigenvalue weighted by Gasteiger charge is -2.21. The van der Waals surface area contributed by atoms with Gasteiger partial charge in [-0.05, 0) is 88.9 Å². The highest BCUT2D eigenvalue weighted by atomic mass is 79.9. The van der Waals surface area contributed by atoms with E-state index in [0.717, 1.165) is 29.3 Å². The van der Waals surface area contributed by atoms with E-state index in [1.54, 1.807) is 89.3 Å². The van der Waals surface area contributed by atoms with Crippen molar-refractivity contribution in [2.45, 2.75) is 89.6 Å². The van der Waals surface area contributed by atoms with Crippen molar-refractivity contribution in [3.63, 3.8) is 0 Å². The van der Waals surface area contributed by atoms with Gasteiger partial charge in [-0.25, -0.2) is 18.2 Å². The van der Waals surface area contributed by atoms with Crippen LogP contribution in [0, 0.1) is 5.92 Å². The average molecular weight is 781 g/mol. The number of ether oxygens (including phenoxy) is 1. The number of carbonyl (C=O) groups is 2. The predicted octanol–water partition coefficient (Wildman–Crippen LogP) is 8.04. The van der Waals surface area contributed by atoms with Gasteiger partial charge in [0.1, 0.15) is 17.2 Å². The van der Waals surface area contributed by atoms with E-state index in [9.17, 15) is 22.6 Å². The van der Waals surface area contributed by atoms with Crippen LogP contribution in [-0.2, 0) is 39.4 Å². The van der Waals surface area contributed by atoms with Crippen LogP contribution >= 0.6 is 23.5 Å². The maximum Gasteiger partial charge on any atom is 0.413 e. The highest BCUT2D eigenvalue weighted by molar-refractivity contribution is 9.10. The number of sulfone groups is 1. The first-order valence-electron chi connectivity index (χ1n) is 16.3. The minimum absolute atomic E-state index is 0.00584. The summed E-state index contributed by atoms with van der Waals surface area (Å²) in [5.74, 6) is 0.580. The van der Waals surface area contributed by atoms with E-state index in [1.807, 2.05) is 0 Å². The van der Waals surface area contributed by atoms with E-state index in [1.165, 1.54) is 25.3 Å². The number of pyridine rings is 2. The number of anilines is 1. The van der Waals surface area contributed by atoms with Gasteiger partial charge in [-0.1, -0.05) is 53.7 Å². The molecule has 1 saturated carbocycles. The number of aromatic nitrogens is 2. The quantitative estimate of drug-likeness (QED) is 0.169. The number of hydrogen-bond donors (Lipinski definition) is 1. The van der Waals surface area contributed by atoms with Crippen LogP contribution in [0.25, 0.3) is 0 Å². The lowest BCUT2D eigenvalue weighted by atomic mass is 9.83. The van der Waals surface area contributed by atoms with Gasteiger partial charge in [-0.15, -0.1) is 0 Å². The van der Waals surface area contributed by atoms with Gasteiger partial charge in [-0.2, -0.15) is 0 Å². The first-order valence-corrected chi connectivity index (χ1v) is 20.5. The van der Waals surface area contributed by atoms with Crippen molar-refractivity contribution >= 4 is 56.4 Å². The summed E-state index contributed by atoms with van der Waals surface area (Å²) < 4.78 is 53.6. The smallest absolute Gasteiger partial charge is 0.413 e. The number of benzene rings is 1. The normalized spacial score (nSPS) is 14.4. The van der Waals surface area contributed by atoms with Crippen LogP contribution in [0.5, 0.6) is 0 Å². The van der Waals surface area contributed by atoms with Crippen molar-refractivity contribution < 1.29 is 36.4 Å². The first-order chi connectivity index (χ1) is 23.0. The summed E-state index contributed by atoms with van der Waals surface area (Å²) in [6.45, 7) is 9.39. The molecule has 0 saturated heterocycles. The SMILES string of the molecule is CC(C)(C)OC(=O)Nc1cc(Br)ccn1.CCOP(=O)(OCC)c1ccnc(CC(=O)[C@H](CC2CCCC2)c2ccc(S(C)(=O)=O)cc2)c1. The van der Waals surface area contributed by atoms with E-state index in [2.05, 4.69) is 31.2 Å². The second-order valence-corrected chi connectivity index (χ2v) is 17.7. The Morgan fingerprint density at radius 3 is 2.14 bits per heavy atom. The zero-order valence-corrected chi connectivity index (χ0v) is 32.3. The zero-order valence-electron chi connectivity index (χ0n) is 29.0. The molecule has 0 unspecified atom stereocenters. The molecule has 49 heavy (non-hydrogen) atoms. The van der Waals surface area contributed by atoms with Gasteiger partial charge in [0.15, 0.2) is 9.84 Å². The lowest BCUT2D eigenvalue weighted by molar-refractivity contribution is -0.120. The molecule has 3 aromatic rings. The van der Waals surface area contributed by atoms with E-state index in [4.69, 9.17) is 13.8 Å². The minimum atomic E-state index is -3.48. The first kappa shape index (κ1) is 40.5. The van der Waals surface area contributed by atoms with Gasteiger partial charge in [0.05, 0.1) is 23.4 Å². The molecule has 0 bridgehead atoms. The summed E-state index contributed by atoms with van der Waals surface area (Å²) in [4.78, 5) is 33.4. The molecular formula is C35H47BrN3O8PS. The molecule has 0 radical (unpaired) electrons. The number of ketones is 1. The number of amides is 1. The molecule has 14 heteroatoms. The Kier molecular flexibility index (Phi) is 15.1. The molecule has 1 aliphatic carbocycles. The molecule has 1 amide bonds. The molecule has 1 N–H and O–H groups in total. The third kappa shape index (κ3) is 13.4. The molecule has 4 rings (SSSR count). The molecule has 11 nitrogen and oxygen atoms in total. The molecule has 0 aliphatic heterocycles. The Balaban J connectivity index is 0.000000362. The Hall–Kier alpha value is -2.96. The van der Waals surface area contributed by atoms with Gasteiger partial charge >= 0.3 is 13.7 Å². The van der Waals surface area contributed by atoms with Crippen LogP contribution < -0.4 is 10.6 Å². The maximum atomic E-state index is 13.5. The van der Waals surface area contributed by atoms with Gasteiger partial charge in [0.25, 0.3) is 0 Å². The Bertz CT molecular complexity index is 1700. The number of nitrogens with zero attached hydrogens (tertiary/aromatic N) is 2. The average Bonchev–Trinajstić information content (AvgIpc) is 3.53. The lowest BCUT2D eigenvalue weighted by Crippen LogP contribution is -2.27. The Morgan fingerprint density at radius 1 is 0.980 bits per heavy atom. The topological polar surface area (TPSA) is 151 Å². The van der Waals surface area contributed by atoms with Crippen LogP contribution in [0.4, 0.5) is 10.6 Å². The fourth-order valence-electron chi connectivity index (χ4n) is 5.42. The van der Waals surface area contributed by atoms with E-state index in [0.29, 0.717) is 22.7 Å². The number of nitrogens with one attached hydrogen (secondary N) is 1. The summed E-state index contributed by atoms with van der Waals surface area (Å²) in [6, 6.07) is 13.3. The van der Waals surface area contributed by atoms with Crippen molar-refractivity contribution in [3.05, 3.63) is 76.7 Å². The third-order valence-corrected chi connectivity index (χ3v) is 11.3. The van der Waals surface area contributed by atoms with Crippen molar-refractivity contribution in [2.24, 2.45) is 5.92 Å². The molecule has 0 spiro atoms. The van der Waals surface area contributed by atoms with E-state index < -0.39 is 29.1 Å². The Labute approximate surface area is 298 Å². The fraction of sp³-hybridized carbons (Fsp3) is 0.486. The second kappa shape index (κ2) is 18.3.